The molecule has 1 atom stereocenters. The predicted octanol–water partition coefficient (Wildman–Crippen LogP) is 0.884. The molecule has 0 saturated carbocycles. The first-order valence-electron chi connectivity index (χ1n) is 6.34. The van der Waals surface area contributed by atoms with Gasteiger partial charge in [0.15, 0.2) is 9.84 Å². The van der Waals surface area contributed by atoms with Crippen molar-refractivity contribution in [2.24, 2.45) is 0 Å². The Balaban J connectivity index is 2.37. The van der Waals surface area contributed by atoms with Crippen LogP contribution in [0.2, 0.25) is 0 Å². The summed E-state index contributed by atoms with van der Waals surface area (Å²) in [7, 11) is -0.849. The van der Waals surface area contributed by atoms with E-state index in [0.29, 0.717) is 12.6 Å². The number of likely N-dealkylation sites (N-methyl/N-ethyl adjacent to an activating group) is 1. The van der Waals surface area contributed by atoms with Crippen LogP contribution in [0.4, 0.5) is 0 Å². The second-order valence-corrected chi connectivity index (χ2v) is 8.44. The highest BCUT2D eigenvalue weighted by Crippen LogP contribution is 2.16. The molecule has 17 heavy (non-hydrogen) atoms. The van der Waals surface area contributed by atoms with Crippen molar-refractivity contribution >= 4 is 9.84 Å². The summed E-state index contributed by atoms with van der Waals surface area (Å²) in [6.07, 6.45) is 5.08. The van der Waals surface area contributed by atoms with Crippen LogP contribution in [0.25, 0.3) is 0 Å². The van der Waals surface area contributed by atoms with E-state index in [1.54, 1.807) is 13.8 Å². The lowest BCUT2D eigenvalue weighted by Crippen LogP contribution is -2.48. The Kier molecular flexibility index (Phi) is 4.98. The predicted molar refractivity (Wildman–Crippen MR) is 72.1 cm³/mol. The molecule has 1 fully saturated rings. The number of hydrogen-bond donors (Lipinski definition) is 1. The van der Waals surface area contributed by atoms with Crippen molar-refractivity contribution in [2.75, 3.05) is 32.9 Å². The zero-order valence-electron chi connectivity index (χ0n) is 11.5. The van der Waals surface area contributed by atoms with Gasteiger partial charge in [-0.05, 0) is 40.3 Å². The first-order valence-corrected chi connectivity index (χ1v) is 8.24. The molecule has 1 heterocycles. The molecule has 0 radical (unpaired) electrons. The number of nitrogens with one attached hydrogen (secondary N) is 1. The highest BCUT2D eigenvalue weighted by molar-refractivity contribution is 7.92. The molecule has 102 valence electrons. The van der Waals surface area contributed by atoms with Gasteiger partial charge in [0.2, 0.25) is 0 Å². The Labute approximate surface area is 106 Å². The number of piperidine rings is 1. The van der Waals surface area contributed by atoms with E-state index in [4.69, 9.17) is 0 Å². The summed E-state index contributed by atoms with van der Waals surface area (Å²) in [6, 6.07) is 0.555. The third-order valence-corrected chi connectivity index (χ3v) is 6.01. The minimum absolute atomic E-state index is 0.524. The molecule has 0 aromatic heterocycles. The van der Waals surface area contributed by atoms with E-state index in [1.165, 1.54) is 25.5 Å². The standard InChI is InChI=1S/C12H26N2O2S/c1-12(2,17(4,15)16)10-13-9-11-7-5-6-8-14(11)3/h11,13H,5-10H2,1-4H3. The van der Waals surface area contributed by atoms with Crippen LogP contribution >= 0.6 is 0 Å². The molecule has 0 aromatic rings. The van der Waals surface area contributed by atoms with Crippen LogP contribution < -0.4 is 5.32 Å². The quantitative estimate of drug-likeness (QED) is 0.799. The molecule has 1 rings (SSSR count). The summed E-state index contributed by atoms with van der Waals surface area (Å²) in [6.45, 7) is 6.12. The van der Waals surface area contributed by atoms with Gasteiger partial charge in [-0.2, -0.15) is 0 Å². The largest absolute Gasteiger partial charge is 0.314 e. The third kappa shape index (κ3) is 4.23. The Morgan fingerprint density at radius 2 is 2.00 bits per heavy atom. The Bertz CT molecular complexity index is 338. The fourth-order valence-electron chi connectivity index (χ4n) is 2.07. The minimum Gasteiger partial charge on any atom is -0.314 e. The first kappa shape index (κ1) is 14.9. The maximum Gasteiger partial charge on any atom is 0.153 e. The van der Waals surface area contributed by atoms with E-state index in [9.17, 15) is 8.42 Å². The molecule has 0 aromatic carbocycles. The van der Waals surface area contributed by atoms with Gasteiger partial charge < -0.3 is 10.2 Å². The second kappa shape index (κ2) is 5.67. The summed E-state index contributed by atoms with van der Waals surface area (Å²) < 4.78 is 22.4. The number of hydrogen-bond acceptors (Lipinski definition) is 4. The number of likely N-dealkylation sites (tertiary alicyclic amines) is 1. The lowest BCUT2D eigenvalue weighted by molar-refractivity contribution is 0.181. The molecule has 0 amide bonds. The Morgan fingerprint density at radius 1 is 1.35 bits per heavy atom. The van der Waals surface area contributed by atoms with Gasteiger partial charge in [0.1, 0.15) is 0 Å². The molecule has 4 nitrogen and oxygen atoms in total. The highest BCUT2D eigenvalue weighted by atomic mass is 32.2. The lowest BCUT2D eigenvalue weighted by atomic mass is 10.0. The van der Waals surface area contributed by atoms with E-state index in [0.717, 1.165) is 13.1 Å². The molecular formula is C12H26N2O2S. The summed E-state index contributed by atoms with van der Waals surface area (Å²) in [5.74, 6) is 0. The van der Waals surface area contributed by atoms with Crippen LogP contribution in [-0.2, 0) is 9.84 Å². The van der Waals surface area contributed by atoms with Crippen LogP contribution in [0.3, 0.4) is 0 Å². The first-order chi connectivity index (χ1) is 7.74. The molecule has 1 N–H and O–H groups in total. The highest BCUT2D eigenvalue weighted by Gasteiger charge is 2.30. The Morgan fingerprint density at radius 3 is 2.53 bits per heavy atom. The average Bonchev–Trinajstić information content (AvgIpc) is 2.19. The van der Waals surface area contributed by atoms with E-state index < -0.39 is 14.6 Å². The van der Waals surface area contributed by atoms with Crippen molar-refractivity contribution in [2.45, 2.75) is 43.9 Å². The molecule has 1 unspecified atom stereocenters. The minimum atomic E-state index is -2.99. The molecule has 1 saturated heterocycles. The fraction of sp³-hybridized carbons (Fsp3) is 1.00. The molecular weight excluding hydrogens is 236 g/mol. The smallest absolute Gasteiger partial charge is 0.153 e. The van der Waals surface area contributed by atoms with Crippen molar-refractivity contribution in [3.05, 3.63) is 0 Å². The summed E-state index contributed by atoms with van der Waals surface area (Å²) in [5, 5.41) is 3.31. The van der Waals surface area contributed by atoms with Crippen molar-refractivity contribution in [3.8, 4) is 0 Å². The summed E-state index contributed by atoms with van der Waals surface area (Å²) in [5.41, 5.74) is 0. The van der Waals surface area contributed by atoms with Crippen LogP contribution in [0.15, 0.2) is 0 Å². The van der Waals surface area contributed by atoms with Crippen LogP contribution in [-0.4, -0.2) is 57.0 Å². The molecule has 0 bridgehead atoms. The topological polar surface area (TPSA) is 49.4 Å². The SMILES string of the molecule is CN1CCCCC1CNCC(C)(C)S(C)(=O)=O. The third-order valence-electron chi connectivity index (χ3n) is 3.86. The maximum absolute atomic E-state index is 11.5. The number of sulfone groups is 1. The van der Waals surface area contributed by atoms with Gasteiger partial charge in [-0.1, -0.05) is 6.42 Å². The van der Waals surface area contributed by atoms with Gasteiger partial charge in [0.05, 0.1) is 4.75 Å². The maximum atomic E-state index is 11.5. The lowest BCUT2D eigenvalue weighted by Gasteiger charge is -2.33. The van der Waals surface area contributed by atoms with Crippen LogP contribution in [0.1, 0.15) is 33.1 Å². The second-order valence-electron chi connectivity index (χ2n) is 5.79. The fourth-order valence-corrected chi connectivity index (χ4v) is 2.44. The molecule has 1 aliphatic rings. The molecule has 1 aliphatic heterocycles. The van der Waals surface area contributed by atoms with E-state index in [-0.39, 0.29) is 0 Å². The number of rotatable bonds is 5. The van der Waals surface area contributed by atoms with Gasteiger partial charge in [0, 0.05) is 25.4 Å². The van der Waals surface area contributed by atoms with Gasteiger partial charge >= 0.3 is 0 Å². The molecule has 0 spiro atoms. The van der Waals surface area contributed by atoms with E-state index in [2.05, 4.69) is 17.3 Å². The zero-order chi connectivity index (χ0) is 13.1. The molecule has 0 aliphatic carbocycles. The van der Waals surface area contributed by atoms with Crippen molar-refractivity contribution in [1.29, 1.82) is 0 Å². The normalized spacial score (nSPS) is 23.9. The Hall–Kier alpha value is -0.130. The van der Waals surface area contributed by atoms with Crippen LogP contribution in [0.5, 0.6) is 0 Å². The van der Waals surface area contributed by atoms with Gasteiger partial charge in [0.25, 0.3) is 0 Å². The van der Waals surface area contributed by atoms with Gasteiger partial charge in [-0.25, -0.2) is 8.42 Å². The zero-order valence-corrected chi connectivity index (χ0v) is 12.3. The van der Waals surface area contributed by atoms with Crippen LogP contribution in [0, 0.1) is 0 Å². The monoisotopic (exact) mass is 262 g/mol. The van der Waals surface area contributed by atoms with E-state index in [1.807, 2.05) is 0 Å². The van der Waals surface area contributed by atoms with Gasteiger partial charge in [-0.3, -0.25) is 0 Å². The van der Waals surface area contributed by atoms with Gasteiger partial charge in [-0.15, -0.1) is 0 Å². The molecule has 5 heteroatoms. The summed E-state index contributed by atoms with van der Waals surface area (Å²) in [4.78, 5) is 2.37. The van der Waals surface area contributed by atoms with Crippen molar-refractivity contribution in [1.82, 2.24) is 10.2 Å². The summed E-state index contributed by atoms with van der Waals surface area (Å²) >= 11 is 0. The van der Waals surface area contributed by atoms with Crippen molar-refractivity contribution < 1.29 is 8.42 Å². The van der Waals surface area contributed by atoms with Crippen molar-refractivity contribution in [3.63, 3.8) is 0 Å². The average molecular weight is 262 g/mol. The van der Waals surface area contributed by atoms with E-state index >= 15 is 0 Å². The number of nitrogens with zero attached hydrogens (tertiary/aromatic N) is 1.